The molecule has 1 rings (SSSR count). The summed E-state index contributed by atoms with van der Waals surface area (Å²) < 4.78 is 0. The average molecular weight is 471 g/mol. The maximum Gasteiger partial charge on any atom is 0.326 e. The molecule has 0 radical (unpaired) electrons. The smallest absolute Gasteiger partial charge is 0.326 e. The topological polar surface area (TPSA) is 211 Å². The third-order valence-corrected chi connectivity index (χ3v) is 5.93. The van der Waals surface area contributed by atoms with Gasteiger partial charge in [-0.3, -0.25) is 19.2 Å². The molecule has 1 aliphatic heterocycles. The van der Waals surface area contributed by atoms with Crippen molar-refractivity contribution in [3.8, 4) is 0 Å². The number of primary amides is 1. The van der Waals surface area contributed by atoms with Gasteiger partial charge in [-0.05, 0) is 44.6 Å². The molecule has 0 aromatic heterocycles. The highest BCUT2D eigenvalue weighted by Gasteiger charge is 2.39. The van der Waals surface area contributed by atoms with Crippen LogP contribution in [0.2, 0.25) is 0 Å². The fourth-order valence-electron chi connectivity index (χ4n) is 3.78. The number of unbranched alkanes of at least 4 members (excludes halogenated alkanes) is 1. The van der Waals surface area contributed by atoms with Crippen LogP contribution in [-0.2, 0) is 24.0 Å². The van der Waals surface area contributed by atoms with Crippen LogP contribution in [0.1, 0.15) is 58.8 Å². The van der Waals surface area contributed by atoms with Crippen molar-refractivity contribution in [1.82, 2.24) is 15.5 Å². The van der Waals surface area contributed by atoms with E-state index in [4.69, 9.17) is 17.2 Å². The van der Waals surface area contributed by atoms with E-state index in [-0.39, 0.29) is 18.8 Å². The van der Waals surface area contributed by atoms with Crippen LogP contribution in [0.25, 0.3) is 0 Å². The van der Waals surface area contributed by atoms with Gasteiger partial charge in [0.2, 0.25) is 23.6 Å². The standard InChI is InChI=1S/C21H38N6O6/c1-3-12(2)17(19(30)25-14(21(32)33)7-4-5-9-22)26-18(29)15-8-6-10-27(15)20(31)13(23)11-16(24)28/h12-15,17H,3-11,22-23H2,1-2H3,(H2,24,28)(H,25,30)(H,26,29)(H,32,33). The van der Waals surface area contributed by atoms with Gasteiger partial charge in [-0.25, -0.2) is 4.79 Å². The Morgan fingerprint density at radius 2 is 1.82 bits per heavy atom. The minimum Gasteiger partial charge on any atom is -0.480 e. The number of rotatable bonds is 14. The summed E-state index contributed by atoms with van der Waals surface area (Å²) in [7, 11) is 0. The van der Waals surface area contributed by atoms with Crippen molar-refractivity contribution < 1.29 is 29.1 Å². The largest absolute Gasteiger partial charge is 0.480 e. The Balaban J connectivity index is 2.91. The van der Waals surface area contributed by atoms with E-state index in [2.05, 4.69) is 10.6 Å². The molecule has 0 aromatic carbocycles. The maximum atomic E-state index is 13.0. The van der Waals surface area contributed by atoms with E-state index >= 15 is 0 Å². The third kappa shape index (κ3) is 8.61. The van der Waals surface area contributed by atoms with Gasteiger partial charge in [0.1, 0.15) is 18.1 Å². The van der Waals surface area contributed by atoms with Gasteiger partial charge in [0.25, 0.3) is 0 Å². The van der Waals surface area contributed by atoms with Crippen LogP contribution < -0.4 is 27.8 Å². The normalized spacial score (nSPS) is 19.3. The van der Waals surface area contributed by atoms with Gasteiger partial charge < -0.3 is 37.8 Å². The first-order valence-electron chi connectivity index (χ1n) is 11.4. The van der Waals surface area contributed by atoms with Crippen molar-refractivity contribution >= 4 is 29.6 Å². The zero-order valence-electron chi connectivity index (χ0n) is 19.4. The second kappa shape index (κ2) is 13.7. The van der Waals surface area contributed by atoms with Crippen LogP contribution in [0.5, 0.6) is 0 Å². The molecule has 9 N–H and O–H groups in total. The summed E-state index contributed by atoms with van der Waals surface area (Å²) in [5.74, 6) is -3.84. The van der Waals surface area contributed by atoms with Crippen LogP contribution >= 0.6 is 0 Å². The molecule has 1 fully saturated rings. The Morgan fingerprint density at radius 3 is 2.36 bits per heavy atom. The van der Waals surface area contributed by atoms with Crippen LogP contribution in [-0.4, -0.2) is 76.9 Å². The predicted octanol–water partition coefficient (Wildman–Crippen LogP) is -1.59. The Labute approximate surface area is 194 Å². The number of aliphatic carboxylic acids is 1. The van der Waals surface area contributed by atoms with Crippen molar-refractivity contribution in [3.05, 3.63) is 0 Å². The maximum absolute atomic E-state index is 13.0. The minimum atomic E-state index is -1.16. The molecule has 0 saturated carbocycles. The van der Waals surface area contributed by atoms with Crippen molar-refractivity contribution in [1.29, 1.82) is 0 Å². The van der Waals surface area contributed by atoms with Gasteiger partial charge >= 0.3 is 5.97 Å². The fraction of sp³-hybridized carbons (Fsp3) is 0.762. The first-order chi connectivity index (χ1) is 15.5. The molecule has 1 saturated heterocycles. The lowest BCUT2D eigenvalue weighted by atomic mass is 9.97. The number of amides is 4. The molecule has 33 heavy (non-hydrogen) atoms. The van der Waals surface area contributed by atoms with E-state index in [0.717, 1.165) is 0 Å². The molecule has 188 valence electrons. The highest BCUT2D eigenvalue weighted by molar-refractivity contribution is 5.95. The molecule has 0 aromatic rings. The summed E-state index contributed by atoms with van der Waals surface area (Å²) in [6.45, 7) is 4.34. The number of carbonyl (C=O) groups is 5. The zero-order valence-corrected chi connectivity index (χ0v) is 19.4. The van der Waals surface area contributed by atoms with Crippen LogP contribution in [0.4, 0.5) is 0 Å². The molecule has 0 spiro atoms. The quantitative estimate of drug-likeness (QED) is 0.162. The summed E-state index contributed by atoms with van der Waals surface area (Å²) in [5.41, 5.74) is 16.3. The van der Waals surface area contributed by atoms with Gasteiger partial charge in [0.15, 0.2) is 0 Å². The van der Waals surface area contributed by atoms with E-state index in [9.17, 15) is 29.1 Å². The van der Waals surface area contributed by atoms with Gasteiger partial charge in [-0.2, -0.15) is 0 Å². The first kappa shape index (κ1) is 28.3. The molecule has 12 heteroatoms. The summed E-state index contributed by atoms with van der Waals surface area (Å²) in [6, 6.07) is -4.05. The molecule has 0 aliphatic carbocycles. The Kier molecular flexibility index (Phi) is 11.8. The van der Waals surface area contributed by atoms with Gasteiger partial charge in [-0.15, -0.1) is 0 Å². The number of nitrogens with one attached hydrogen (secondary N) is 2. The summed E-state index contributed by atoms with van der Waals surface area (Å²) in [5, 5.41) is 14.7. The second-order valence-corrected chi connectivity index (χ2v) is 8.52. The lowest BCUT2D eigenvalue weighted by Crippen LogP contribution is -2.58. The lowest BCUT2D eigenvalue weighted by molar-refractivity contribution is -0.143. The fourth-order valence-corrected chi connectivity index (χ4v) is 3.78. The predicted molar refractivity (Wildman–Crippen MR) is 120 cm³/mol. The van der Waals surface area contributed by atoms with E-state index in [1.54, 1.807) is 6.92 Å². The number of carboxylic acids is 1. The van der Waals surface area contributed by atoms with Crippen molar-refractivity contribution in [2.75, 3.05) is 13.1 Å². The van der Waals surface area contributed by atoms with Crippen molar-refractivity contribution in [3.63, 3.8) is 0 Å². The molecule has 0 bridgehead atoms. The van der Waals surface area contributed by atoms with Crippen molar-refractivity contribution in [2.24, 2.45) is 23.1 Å². The molecule has 5 atom stereocenters. The summed E-state index contributed by atoms with van der Waals surface area (Å²) in [6.07, 6.45) is 2.57. The monoisotopic (exact) mass is 470 g/mol. The number of hydrogen-bond acceptors (Lipinski definition) is 7. The number of hydrogen-bond donors (Lipinski definition) is 6. The van der Waals surface area contributed by atoms with Gasteiger partial charge in [0, 0.05) is 6.54 Å². The number of carbonyl (C=O) groups excluding carboxylic acids is 4. The number of carboxylic acid groups (broad SMARTS) is 1. The Morgan fingerprint density at radius 1 is 1.15 bits per heavy atom. The molecular formula is C21H38N6O6. The molecule has 5 unspecified atom stereocenters. The SMILES string of the molecule is CCC(C)C(NC(=O)C1CCCN1C(=O)C(N)CC(N)=O)C(=O)NC(CCCCN)C(=O)O. The summed E-state index contributed by atoms with van der Waals surface area (Å²) >= 11 is 0. The minimum absolute atomic E-state index is 0.224. The number of nitrogens with two attached hydrogens (primary N) is 3. The lowest BCUT2D eigenvalue weighted by Gasteiger charge is -2.30. The Hall–Kier alpha value is -2.73. The highest BCUT2D eigenvalue weighted by Crippen LogP contribution is 2.20. The van der Waals surface area contributed by atoms with Gasteiger partial charge in [0.05, 0.1) is 12.5 Å². The molecule has 4 amide bonds. The zero-order chi connectivity index (χ0) is 25.1. The Bertz CT molecular complexity index is 717. The van der Waals surface area contributed by atoms with E-state index in [1.807, 2.05) is 6.92 Å². The second-order valence-electron chi connectivity index (χ2n) is 8.52. The van der Waals surface area contributed by atoms with Crippen LogP contribution in [0, 0.1) is 5.92 Å². The third-order valence-electron chi connectivity index (χ3n) is 5.93. The molecule has 1 heterocycles. The average Bonchev–Trinajstić information content (AvgIpc) is 3.24. The number of nitrogens with zero attached hydrogens (tertiary/aromatic N) is 1. The highest BCUT2D eigenvalue weighted by atomic mass is 16.4. The molecule has 12 nitrogen and oxygen atoms in total. The number of likely N-dealkylation sites (tertiary alicyclic amines) is 1. The van der Waals surface area contributed by atoms with Gasteiger partial charge in [-0.1, -0.05) is 20.3 Å². The van der Waals surface area contributed by atoms with Crippen LogP contribution in [0.15, 0.2) is 0 Å². The van der Waals surface area contributed by atoms with E-state index in [1.165, 1.54) is 4.90 Å². The van der Waals surface area contributed by atoms with E-state index in [0.29, 0.717) is 45.2 Å². The van der Waals surface area contributed by atoms with E-state index < -0.39 is 53.8 Å². The molecular weight excluding hydrogens is 432 g/mol. The van der Waals surface area contributed by atoms with Crippen LogP contribution in [0.3, 0.4) is 0 Å². The summed E-state index contributed by atoms with van der Waals surface area (Å²) in [4.78, 5) is 62.5. The molecule has 1 aliphatic rings. The first-order valence-corrected chi connectivity index (χ1v) is 11.4. The van der Waals surface area contributed by atoms with Crippen molar-refractivity contribution in [2.45, 2.75) is 83.0 Å².